The van der Waals surface area contributed by atoms with Crippen molar-refractivity contribution in [3.63, 3.8) is 0 Å². The summed E-state index contributed by atoms with van der Waals surface area (Å²) < 4.78 is 5.19. The topological polar surface area (TPSA) is 9.23 Å². The zero-order valence-electron chi connectivity index (χ0n) is 6.84. The first-order chi connectivity index (χ1) is 4.85. The zero-order chi connectivity index (χ0) is 7.82. The predicted molar refractivity (Wildman–Crippen MR) is 49.4 cm³/mol. The minimum atomic E-state index is 0.317. The van der Waals surface area contributed by atoms with Gasteiger partial charge in [-0.25, -0.2) is 0 Å². The Kier molecular flexibility index (Phi) is 7.33. The SMILES string of the molecule is CCC=CC(CCP)OC. The molecular weight excluding hydrogens is 143 g/mol. The Bertz CT molecular complexity index is 91.3. The van der Waals surface area contributed by atoms with E-state index < -0.39 is 0 Å². The second kappa shape index (κ2) is 7.24. The van der Waals surface area contributed by atoms with Crippen LogP contribution >= 0.6 is 9.24 Å². The van der Waals surface area contributed by atoms with Crippen LogP contribution in [0.2, 0.25) is 0 Å². The van der Waals surface area contributed by atoms with Gasteiger partial charge in [-0.3, -0.25) is 0 Å². The summed E-state index contributed by atoms with van der Waals surface area (Å²) >= 11 is 0. The number of ether oxygens (including phenoxy) is 1. The molecule has 0 saturated heterocycles. The standard InChI is InChI=1S/C8H17OP/c1-3-4-5-8(9-2)6-7-10/h4-5,8H,3,6-7,10H2,1-2H3. The maximum atomic E-state index is 5.19. The molecule has 1 nitrogen and oxygen atoms in total. The van der Waals surface area contributed by atoms with Crippen molar-refractivity contribution in [1.82, 2.24) is 0 Å². The number of hydrogen-bond acceptors (Lipinski definition) is 1. The van der Waals surface area contributed by atoms with Crippen LogP contribution < -0.4 is 0 Å². The molecule has 0 aromatic heterocycles. The number of allylic oxidation sites excluding steroid dienone is 1. The fourth-order valence-corrected chi connectivity index (χ4v) is 1.07. The Hall–Kier alpha value is 0.130. The molecule has 0 bridgehead atoms. The molecule has 10 heavy (non-hydrogen) atoms. The van der Waals surface area contributed by atoms with Gasteiger partial charge in [0.15, 0.2) is 0 Å². The summed E-state index contributed by atoms with van der Waals surface area (Å²) in [5.41, 5.74) is 0. The largest absolute Gasteiger partial charge is 0.377 e. The van der Waals surface area contributed by atoms with E-state index in [-0.39, 0.29) is 0 Å². The quantitative estimate of drug-likeness (QED) is 0.442. The third kappa shape index (κ3) is 4.96. The van der Waals surface area contributed by atoms with Gasteiger partial charge < -0.3 is 4.74 Å². The Balaban J connectivity index is 3.48. The van der Waals surface area contributed by atoms with Crippen molar-refractivity contribution >= 4 is 9.24 Å². The van der Waals surface area contributed by atoms with Crippen LogP contribution in [0.1, 0.15) is 19.8 Å². The van der Waals surface area contributed by atoms with E-state index >= 15 is 0 Å². The molecule has 0 aliphatic rings. The van der Waals surface area contributed by atoms with Gasteiger partial charge in [0.05, 0.1) is 6.10 Å². The predicted octanol–water partition coefficient (Wildman–Crippen LogP) is 2.23. The van der Waals surface area contributed by atoms with Gasteiger partial charge in [0.1, 0.15) is 0 Å². The summed E-state index contributed by atoms with van der Waals surface area (Å²) in [6.07, 6.45) is 7.89. The van der Waals surface area contributed by atoms with Crippen molar-refractivity contribution in [1.29, 1.82) is 0 Å². The van der Waals surface area contributed by atoms with Crippen molar-refractivity contribution in [2.75, 3.05) is 13.3 Å². The second-order valence-corrected chi connectivity index (χ2v) is 2.77. The summed E-state index contributed by atoms with van der Waals surface area (Å²) in [4.78, 5) is 0. The van der Waals surface area contributed by atoms with Gasteiger partial charge >= 0.3 is 0 Å². The van der Waals surface area contributed by atoms with E-state index in [4.69, 9.17) is 4.74 Å². The molecule has 0 radical (unpaired) electrons. The van der Waals surface area contributed by atoms with E-state index in [1.54, 1.807) is 7.11 Å². The maximum Gasteiger partial charge on any atom is 0.0755 e. The molecule has 0 amide bonds. The van der Waals surface area contributed by atoms with Gasteiger partial charge in [-0.2, -0.15) is 0 Å². The molecule has 0 heterocycles. The molecule has 0 aromatic rings. The molecule has 0 rings (SSSR count). The summed E-state index contributed by atoms with van der Waals surface area (Å²) in [5.74, 6) is 0. The lowest BCUT2D eigenvalue weighted by Crippen LogP contribution is -2.06. The van der Waals surface area contributed by atoms with E-state index in [0.29, 0.717) is 6.10 Å². The molecule has 0 fully saturated rings. The first kappa shape index (κ1) is 10.1. The lowest BCUT2D eigenvalue weighted by atomic mass is 10.2. The first-order valence-electron chi connectivity index (χ1n) is 3.74. The van der Waals surface area contributed by atoms with E-state index in [1.165, 1.54) is 0 Å². The van der Waals surface area contributed by atoms with E-state index in [0.717, 1.165) is 19.0 Å². The molecule has 2 unspecified atom stereocenters. The smallest absolute Gasteiger partial charge is 0.0755 e. The third-order valence-corrected chi connectivity index (χ3v) is 1.67. The summed E-state index contributed by atoms with van der Waals surface area (Å²) in [5, 5.41) is 0. The van der Waals surface area contributed by atoms with Crippen molar-refractivity contribution in [2.24, 2.45) is 0 Å². The third-order valence-electron chi connectivity index (χ3n) is 1.34. The highest BCUT2D eigenvalue weighted by Gasteiger charge is 1.97. The fraction of sp³-hybridized carbons (Fsp3) is 0.750. The van der Waals surface area contributed by atoms with Crippen LogP contribution in [0.5, 0.6) is 0 Å². The van der Waals surface area contributed by atoms with Crippen molar-refractivity contribution in [3.05, 3.63) is 12.2 Å². The average molecular weight is 160 g/mol. The fourth-order valence-electron chi connectivity index (χ4n) is 0.745. The summed E-state index contributed by atoms with van der Waals surface area (Å²) in [6.45, 7) is 2.13. The zero-order valence-corrected chi connectivity index (χ0v) is 7.99. The molecule has 0 N–H and O–H groups in total. The van der Waals surface area contributed by atoms with Crippen LogP contribution in [0.3, 0.4) is 0 Å². The molecule has 0 aromatic carbocycles. The lowest BCUT2D eigenvalue weighted by Gasteiger charge is -2.07. The van der Waals surface area contributed by atoms with Gasteiger partial charge in [-0.1, -0.05) is 19.1 Å². The van der Waals surface area contributed by atoms with E-state index in [2.05, 4.69) is 28.3 Å². The number of hydrogen-bond donors (Lipinski definition) is 0. The van der Waals surface area contributed by atoms with Crippen molar-refractivity contribution in [3.8, 4) is 0 Å². The van der Waals surface area contributed by atoms with Crippen LogP contribution in [0.15, 0.2) is 12.2 Å². The van der Waals surface area contributed by atoms with Gasteiger partial charge in [0, 0.05) is 7.11 Å². The van der Waals surface area contributed by atoms with Crippen LogP contribution in [-0.4, -0.2) is 19.4 Å². The van der Waals surface area contributed by atoms with Crippen LogP contribution in [0.4, 0.5) is 0 Å². The average Bonchev–Trinajstić information content (AvgIpc) is 1.98. The van der Waals surface area contributed by atoms with Crippen LogP contribution in [-0.2, 0) is 4.74 Å². The lowest BCUT2D eigenvalue weighted by molar-refractivity contribution is 0.138. The molecule has 0 spiro atoms. The van der Waals surface area contributed by atoms with Gasteiger partial charge in [0.2, 0.25) is 0 Å². The molecule has 0 aliphatic carbocycles. The van der Waals surface area contributed by atoms with Crippen molar-refractivity contribution < 1.29 is 4.74 Å². The van der Waals surface area contributed by atoms with Crippen LogP contribution in [0.25, 0.3) is 0 Å². The second-order valence-electron chi connectivity index (χ2n) is 2.19. The Morgan fingerprint density at radius 2 is 2.30 bits per heavy atom. The van der Waals surface area contributed by atoms with Gasteiger partial charge in [-0.05, 0) is 19.0 Å². The van der Waals surface area contributed by atoms with Crippen molar-refractivity contribution in [2.45, 2.75) is 25.9 Å². The highest BCUT2D eigenvalue weighted by molar-refractivity contribution is 7.16. The number of rotatable bonds is 5. The molecular formula is C8H17OP. The molecule has 60 valence electrons. The van der Waals surface area contributed by atoms with Gasteiger partial charge in [0.25, 0.3) is 0 Å². The molecule has 2 atom stereocenters. The minimum absolute atomic E-state index is 0.317. The van der Waals surface area contributed by atoms with E-state index in [9.17, 15) is 0 Å². The first-order valence-corrected chi connectivity index (χ1v) is 4.56. The molecule has 0 saturated carbocycles. The summed E-state index contributed by atoms with van der Waals surface area (Å²) in [7, 11) is 4.46. The highest BCUT2D eigenvalue weighted by atomic mass is 31.0. The summed E-state index contributed by atoms with van der Waals surface area (Å²) in [6, 6.07) is 0. The van der Waals surface area contributed by atoms with Crippen LogP contribution in [0, 0.1) is 0 Å². The normalized spacial score (nSPS) is 14.3. The molecule has 2 heteroatoms. The van der Waals surface area contributed by atoms with Gasteiger partial charge in [-0.15, -0.1) is 9.24 Å². The maximum absolute atomic E-state index is 5.19. The monoisotopic (exact) mass is 160 g/mol. The Labute approximate surface area is 66.0 Å². The minimum Gasteiger partial charge on any atom is -0.377 e. The Morgan fingerprint density at radius 1 is 1.60 bits per heavy atom. The molecule has 0 aliphatic heterocycles. The number of methoxy groups -OCH3 is 1. The Morgan fingerprint density at radius 3 is 2.70 bits per heavy atom. The van der Waals surface area contributed by atoms with E-state index in [1.807, 2.05) is 0 Å². The highest BCUT2D eigenvalue weighted by Crippen LogP contribution is 2.02.